The zero-order valence-electron chi connectivity index (χ0n) is 20.9. The van der Waals surface area contributed by atoms with Gasteiger partial charge in [-0.15, -0.1) is 0 Å². The Bertz CT molecular complexity index is 1370. The van der Waals surface area contributed by atoms with Gasteiger partial charge in [0.2, 0.25) is 0 Å². The van der Waals surface area contributed by atoms with Crippen molar-refractivity contribution in [3.05, 3.63) is 83.4 Å². The molecule has 0 amide bonds. The van der Waals surface area contributed by atoms with E-state index in [2.05, 4.69) is 70.7 Å². The predicted octanol–water partition coefficient (Wildman–Crippen LogP) is 5.93. The van der Waals surface area contributed by atoms with E-state index in [1.54, 1.807) is 0 Å². The van der Waals surface area contributed by atoms with Gasteiger partial charge in [0.15, 0.2) is 0 Å². The van der Waals surface area contributed by atoms with Gasteiger partial charge in [0.25, 0.3) is 0 Å². The van der Waals surface area contributed by atoms with Gasteiger partial charge >= 0.3 is 0 Å². The van der Waals surface area contributed by atoms with Crippen LogP contribution < -0.4 is 4.74 Å². The molecule has 1 atom stereocenters. The fourth-order valence-corrected chi connectivity index (χ4v) is 5.79. The zero-order chi connectivity index (χ0) is 24.5. The van der Waals surface area contributed by atoms with Crippen LogP contribution in [0.15, 0.2) is 66.7 Å². The summed E-state index contributed by atoms with van der Waals surface area (Å²) in [6.45, 7) is 2.17. The minimum atomic E-state index is 0.00609. The zero-order valence-corrected chi connectivity index (χ0v) is 20.9. The number of H-pyrrole nitrogens is 1. The molecule has 3 aromatic carbocycles. The number of piperidine rings is 1. The average molecular weight is 480 g/mol. The maximum absolute atomic E-state index is 13.3. The Morgan fingerprint density at radius 2 is 1.83 bits per heavy atom. The van der Waals surface area contributed by atoms with Gasteiger partial charge in [-0.1, -0.05) is 30.3 Å². The Kier molecular flexibility index (Phi) is 6.32. The highest BCUT2D eigenvalue weighted by Gasteiger charge is 2.26. The average Bonchev–Trinajstić information content (AvgIpc) is 3.33. The maximum atomic E-state index is 13.3. The van der Waals surface area contributed by atoms with Crippen LogP contribution in [-0.2, 0) is 17.6 Å². The first-order chi connectivity index (χ1) is 17.6. The number of carbonyl (C=O) groups is 1. The minimum absolute atomic E-state index is 0.00609. The summed E-state index contributed by atoms with van der Waals surface area (Å²) in [4.78, 5) is 15.7. The molecule has 1 fully saturated rings. The van der Waals surface area contributed by atoms with E-state index in [1.165, 1.54) is 11.1 Å². The van der Waals surface area contributed by atoms with Crippen LogP contribution in [0.4, 0.5) is 0 Å². The lowest BCUT2D eigenvalue weighted by molar-refractivity contribution is -0.120. The maximum Gasteiger partial charge on any atom is 0.144 e. The summed E-state index contributed by atoms with van der Waals surface area (Å²) < 4.78 is 6.22. The van der Waals surface area contributed by atoms with Crippen molar-refractivity contribution < 1.29 is 9.53 Å². The largest absolute Gasteiger partial charge is 0.490 e. The first kappa shape index (κ1) is 23.0. The number of ketones is 1. The molecule has 36 heavy (non-hydrogen) atoms. The summed E-state index contributed by atoms with van der Waals surface area (Å²) in [7, 11) is 2.16. The fourth-order valence-electron chi connectivity index (χ4n) is 5.79. The number of ether oxygens (including phenoxy) is 1. The standard InChI is InChI=1S/C31H33N3O2/c1-34-17-15-25(16-18-34)36-24-12-10-23(11-13-24)31-28-19-21(9-14-29(28)32-33-31)20-30(35)27-8-4-6-22-5-2-3-7-26(22)27/h2-3,5,7,9-14,19,25,27H,4,6,8,15-18,20H2,1H3,(H,32,33). The van der Waals surface area contributed by atoms with Crippen LogP contribution in [0, 0.1) is 0 Å². The normalized spacial score (nSPS) is 18.8. The van der Waals surface area contributed by atoms with Gasteiger partial charge in [0.05, 0.1) is 11.2 Å². The lowest BCUT2D eigenvalue weighted by Gasteiger charge is -2.29. The molecule has 1 aromatic heterocycles. The SMILES string of the molecule is CN1CCC(Oc2ccc(-c3n[nH]c4ccc(CC(=O)C5CCCc6ccccc65)cc34)cc2)CC1. The molecule has 1 unspecified atom stereocenters. The summed E-state index contributed by atoms with van der Waals surface area (Å²) in [5, 5.41) is 8.81. The van der Waals surface area contributed by atoms with E-state index in [9.17, 15) is 4.79 Å². The first-order valence-corrected chi connectivity index (χ1v) is 13.2. The molecule has 0 spiro atoms. The van der Waals surface area contributed by atoms with E-state index < -0.39 is 0 Å². The van der Waals surface area contributed by atoms with E-state index in [4.69, 9.17) is 4.74 Å². The number of rotatable bonds is 6. The number of Topliss-reactive ketones (excluding diaryl/α,β-unsaturated/α-hetero) is 1. The second kappa shape index (κ2) is 9.90. The molecule has 0 saturated carbocycles. The topological polar surface area (TPSA) is 58.2 Å². The molecule has 1 aliphatic carbocycles. The third kappa shape index (κ3) is 4.68. The molecule has 0 radical (unpaired) electrons. The highest BCUT2D eigenvalue weighted by Crippen LogP contribution is 2.34. The van der Waals surface area contributed by atoms with Crippen molar-refractivity contribution in [3.8, 4) is 17.0 Å². The Morgan fingerprint density at radius 3 is 2.67 bits per heavy atom. The number of aryl methyl sites for hydroxylation is 1. The summed E-state index contributed by atoms with van der Waals surface area (Å²) in [5.74, 6) is 1.22. The van der Waals surface area contributed by atoms with Gasteiger partial charge in [0.1, 0.15) is 17.6 Å². The quantitative estimate of drug-likeness (QED) is 0.372. The van der Waals surface area contributed by atoms with Crippen LogP contribution in [0.5, 0.6) is 5.75 Å². The van der Waals surface area contributed by atoms with Crippen molar-refractivity contribution in [1.82, 2.24) is 15.1 Å². The van der Waals surface area contributed by atoms with Gasteiger partial charge in [-0.2, -0.15) is 5.10 Å². The fraction of sp³-hybridized carbons (Fsp3) is 0.355. The summed E-state index contributed by atoms with van der Waals surface area (Å²) in [6.07, 6.45) is 5.97. The van der Waals surface area contributed by atoms with Crippen molar-refractivity contribution in [2.75, 3.05) is 20.1 Å². The van der Waals surface area contributed by atoms with Crippen LogP contribution >= 0.6 is 0 Å². The third-order valence-corrected chi connectivity index (χ3v) is 7.86. The van der Waals surface area contributed by atoms with Crippen LogP contribution in [0.1, 0.15) is 48.3 Å². The molecule has 1 saturated heterocycles. The number of hydrogen-bond acceptors (Lipinski definition) is 4. The summed E-state index contributed by atoms with van der Waals surface area (Å²) >= 11 is 0. The Balaban J connectivity index is 1.19. The summed E-state index contributed by atoms with van der Waals surface area (Å²) in [6, 6.07) is 22.9. The smallest absolute Gasteiger partial charge is 0.144 e. The molecule has 4 aromatic rings. The van der Waals surface area contributed by atoms with Crippen LogP contribution in [0.25, 0.3) is 22.2 Å². The lowest BCUT2D eigenvalue weighted by Crippen LogP contribution is -2.35. The lowest BCUT2D eigenvalue weighted by atomic mass is 9.79. The van der Waals surface area contributed by atoms with Gasteiger partial charge < -0.3 is 9.64 Å². The number of hydrogen-bond donors (Lipinski definition) is 1. The molecule has 6 rings (SSSR count). The second-order valence-electron chi connectivity index (χ2n) is 10.4. The molecule has 5 heteroatoms. The number of nitrogens with one attached hydrogen (secondary N) is 1. The monoisotopic (exact) mass is 479 g/mol. The van der Waals surface area contributed by atoms with E-state index in [1.807, 2.05) is 18.2 Å². The number of nitrogens with zero attached hydrogens (tertiary/aromatic N) is 2. The van der Waals surface area contributed by atoms with Gasteiger partial charge in [0, 0.05) is 36.4 Å². The Morgan fingerprint density at radius 1 is 1.03 bits per heavy atom. The minimum Gasteiger partial charge on any atom is -0.490 e. The second-order valence-corrected chi connectivity index (χ2v) is 10.4. The van der Waals surface area contributed by atoms with Crippen molar-refractivity contribution in [2.24, 2.45) is 0 Å². The van der Waals surface area contributed by atoms with Crippen LogP contribution in [0.2, 0.25) is 0 Å². The van der Waals surface area contributed by atoms with Crippen LogP contribution in [-0.4, -0.2) is 47.1 Å². The number of benzene rings is 3. The highest BCUT2D eigenvalue weighted by atomic mass is 16.5. The number of aromatic nitrogens is 2. The molecule has 0 bridgehead atoms. The van der Waals surface area contributed by atoms with E-state index in [0.29, 0.717) is 12.2 Å². The van der Waals surface area contributed by atoms with Gasteiger partial charge in [-0.05, 0) is 92.2 Å². The number of aromatic amines is 1. The number of fused-ring (bicyclic) bond motifs is 2. The van der Waals surface area contributed by atoms with Crippen molar-refractivity contribution in [1.29, 1.82) is 0 Å². The van der Waals surface area contributed by atoms with Gasteiger partial charge in [-0.3, -0.25) is 9.89 Å². The third-order valence-electron chi connectivity index (χ3n) is 7.86. The molecule has 5 nitrogen and oxygen atoms in total. The molecule has 2 aliphatic rings. The highest BCUT2D eigenvalue weighted by molar-refractivity contribution is 5.95. The molecule has 184 valence electrons. The predicted molar refractivity (Wildman–Crippen MR) is 144 cm³/mol. The van der Waals surface area contributed by atoms with Crippen LogP contribution in [0.3, 0.4) is 0 Å². The molecular formula is C31H33N3O2. The number of carbonyl (C=O) groups excluding carboxylic acids is 1. The molecular weight excluding hydrogens is 446 g/mol. The van der Waals surface area contributed by atoms with Crippen molar-refractivity contribution >= 4 is 16.7 Å². The van der Waals surface area contributed by atoms with E-state index in [-0.39, 0.29) is 12.0 Å². The number of likely N-dealkylation sites (tertiary alicyclic amines) is 1. The van der Waals surface area contributed by atoms with Gasteiger partial charge in [-0.25, -0.2) is 0 Å². The Hall–Kier alpha value is -3.44. The first-order valence-electron chi connectivity index (χ1n) is 13.2. The van der Waals surface area contributed by atoms with E-state index in [0.717, 1.165) is 78.7 Å². The van der Waals surface area contributed by atoms with E-state index >= 15 is 0 Å². The van der Waals surface area contributed by atoms with Crippen molar-refractivity contribution in [3.63, 3.8) is 0 Å². The Labute approximate surface area is 212 Å². The summed E-state index contributed by atoms with van der Waals surface area (Å²) in [5.41, 5.74) is 6.53. The van der Waals surface area contributed by atoms with Crippen molar-refractivity contribution in [2.45, 2.75) is 50.5 Å². The molecule has 2 heterocycles. The molecule has 1 aliphatic heterocycles. The molecule has 1 N–H and O–H groups in total.